The normalized spacial score (nSPS) is 14.2. The molecule has 0 saturated heterocycles. The second-order valence-electron chi connectivity index (χ2n) is 5.09. The lowest BCUT2D eigenvalue weighted by Gasteiger charge is -2.05. The highest BCUT2D eigenvalue weighted by molar-refractivity contribution is 6.14. The molecule has 2 aromatic rings. The highest BCUT2D eigenvalue weighted by atomic mass is 16.5. The fraction of sp³-hybridized carbons (Fsp3) is 0.111. The van der Waals surface area contributed by atoms with E-state index in [1.165, 1.54) is 0 Å². The van der Waals surface area contributed by atoms with Crippen LogP contribution in [-0.2, 0) is 4.79 Å². The van der Waals surface area contributed by atoms with E-state index in [2.05, 4.69) is 0 Å². The predicted molar refractivity (Wildman–Crippen MR) is 87.1 cm³/mol. The minimum absolute atomic E-state index is 0.196. The molecular weight excluding hydrogens is 310 g/mol. The Hall–Kier alpha value is -3.28. The van der Waals surface area contributed by atoms with Crippen molar-refractivity contribution in [3.63, 3.8) is 0 Å². The van der Waals surface area contributed by atoms with Crippen LogP contribution < -0.4 is 19.9 Å². The van der Waals surface area contributed by atoms with Gasteiger partial charge < -0.3 is 19.9 Å². The molecule has 0 radical (unpaired) electrons. The molecule has 0 aromatic heterocycles. The van der Waals surface area contributed by atoms with E-state index in [9.17, 15) is 9.59 Å². The van der Waals surface area contributed by atoms with Crippen LogP contribution in [0.4, 0.5) is 0 Å². The largest absolute Gasteiger partial charge is 0.496 e. The Morgan fingerprint density at radius 2 is 2.04 bits per heavy atom. The Balaban J connectivity index is 1.87. The molecule has 0 saturated carbocycles. The van der Waals surface area contributed by atoms with E-state index in [1.807, 2.05) is 18.2 Å². The summed E-state index contributed by atoms with van der Waals surface area (Å²) >= 11 is 0. The number of allylic oxidation sites excluding steroid dienone is 1. The van der Waals surface area contributed by atoms with E-state index in [4.69, 9.17) is 19.9 Å². The molecule has 0 unspecified atom stereocenters. The van der Waals surface area contributed by atoms with Gasteiger partial charge in [0.2, 0.25) is 5.78 Å². The number of ether oxygens (including phenoxy) is 3. The van der Waals surface area contributed by atoms with Crippen LogP contribution in [-0.4, -0.2) is 25.4 Å². The van der Waals surface area contributed by atoms with Gasteiger partial charge in [-0.05, 0) is 24.3 Å². The third-order valence-electron chi connectivity index (χ3n) is 3.45. The summed E-state index contributed by atoms with van der Waals surface area (Å²) in [6.45, 7) is -0.239. The van der Waals surface area contributed by atoms with Crippen molar-refractivity contribution >= 4 is 17.8 Å². The van der Waals surface area contributed by atoms with Gasteiger partial charge in [-0.25, -0.2) is 0 Å². The maximum absolute atomic E-state index is 12.4. The Morgan fingerprint density at radius 3 is 2.79 bits per heavy atom. The molecule has 0 bridgehead atoms. The topological polar surface area (TPSA) is 87.8 Å². The first kappa shape index (κ1) is 15.6. The van der Waals surface area contributed by atoms with E-state index in [1.54, 1.807) is 37.5 Å². The van der Waals surface area contributed by atoms with E-state index < -0.39 is 5.91 Å². The number of benzene rings is 2. The summed E-state index contributed by atoms with van der Waals surface area (Å²) in [4.78, 5) is 23.2. The second-order valence-corrected chi connectivity index (χ2v) is 5.09. The number of para-hydroxylation sites is 1. The van der Waals surface area contributed by atoms with Gasteiger partial charge in [0.15, 0.2) is 12.4 Å². The maximum Gasteiger partial charge on any atom is 0.255 e. The Morgan fingerprint density at radius 1 is 1.25 bits per heavy atom. The number of hydrogen-bond donors (Lipinski definition) is 1. The molecule has 0 atom stereocenters. The van der Waals surface area contributed by atoms with Gasteiger partial charge in [-0.15, -0.1) is 0 Å². The van der Waals surface area contributed by atoms with Gasteiger partial charge in [-0.1, -0.05) is 18.2 Å². The summed E-state index contributed by atoms with van der Waals surface area (Å²) in [6.07, 6.45) is 1.63. The summed E-state index contributed by atoms with van der Waals surface area (Å²) in [5.41, 5.74) is 6.21. The molecule has 0 aliphatic carbocycles. The van der Waals surface area contributed by atoms with Gasteiger partial charge in [-0.3, -0.25) is 9.59 Å². The van der Waals surface area contributed by atoms with Gasteiger partial charge in [0, 0.05) is 11.6 Å². The summed E-state index contributed by atoms with van der Waals surface area (Å²) in [5.74, 6) is 0.813. The third-order valence-corrected chi connectivity index (χ3v) is 3.45. The molecule has 3 rings (SSSR count). The first-order chi connectivity index (χ1) is 11.6. The number of methoxy groups -OCH3 is 1. The standard InChI is InChI=1S/C18H15NO5/c1-22-14-5-3-2-4-11(14)8-16-18(21)13-7-6-12(9-15(13)24-16)23-10-17(19)20/h2-9H,10H2,1H3,(H2,19,20)/b16-8-. The number of fused-ring (bicyclic) bond motifs is 1. The molecular formula is C18H15NO5. The highest BCUT2D eigenvalue weighted by Crippen LogP contribution is 2.35. The maximum atomic E-state index is 12.4. The minimum Gasteiger partial charge on any atom is -0.496 e. The number of ketones is 1. The van der Waals surface area contributed by atoms with Crippen molar-refractivity contribution < 1.29 is 23.8 Å². The van der Waals surface area contributed by atoms with Crippen molar-refractivity contribution in [2.24, 2.45) is 5.73 Å². The van der Waals surface area contributed by atoms with Crippen LogP contribution in [0, 0.1) is 0 Å². The van der Waals surface area contributed by atoms with Crippen LogP contribution in [0.1, 0.15) is 15.9 Å². The van der Waals surface area contributed by atoms with Crippen LogP contribution in [0.3, 0.4) is 0 Å². The molecule has 1 aliphatic rings. The lowest BCUT2D eigenvalue weighted by atomic mass is 10.1. The number of nitrogens with two attached hydrogens (primary N) is 1. The highest BCUT2D eigenvalue weighted by Gasteiger charge is 2.28. The van der Waals surface area contributed by atoms with Gasteiger partial charge in [-0.2, -0.15) is 0 Å². The summed E-state index contributed by atoms with van der Waals surface area (Å²) < 4.78 is 16.1. The number of primary amides is 1. The zero-order chi connectivity index (χ0) is 17.1. The Labute approximate surface area is 138 Å². The SMILES string of the molecule is COc1ccccc1/C=C1\Oc2cc(OCC(N)=O)ccc2C1=O. The van der Waals surface area contributed by atoms with Crippen molar-refractivity contribution in [2.45, 2.75) is 0 Å². The van der Waals surface area contributed by atoms with Crippen molar-refractivity contribution in [1.82, 2.24) is 0 Å². The minimum atomic E-state index is -0.579. The van der Waals surface area contributed by atoms with Crippen LogP contribution in [0.25, 0.3) is 6.08 Å². The molecule has 6 heteroatoms. The summed E-state index contributed by atoms with van der Waals surface area (Å²) in [7, 11) is 1.56. The average Bonchev–Trinajstić information content (AvgIpc) is 2.89. The van der Waals surface area contributed by atoms with E-state index in [-0.39, 0.29) is 18.1 Å². The fourth-order valence-electron chi connectivity index (χ4n) is 2.34. The molecule has 1 aliphatic heterocycles. The van der Waals surface area contributed by atoms with E-state index in [0.717, 1.165) is 5.56 Å². The average molecular weight is 325 g/mol. The number of Topliss-reactive ketones (excluding diaryl/α,β-unsaturated/α-hetero) is 1. The molecule has 0 fully saturated rings. The van der Waals surface area contributed by atoms with Crippen LogP contribution >= 0.6 is 0 Å². The molecule has 6 nitrogen and oxygen atoms in total. The van der Waals surface area contributed by atoms with Crippen LogP contribution in [0.15, 0.2) is 48.2 Å². The number of rotatable bonds is 5. The number of amides is 1. The zero-order valence-electron chi connectivity index (χ0n) is 12.9. The van der Waals surface area contributed by atoms with Gasteiger partial charge in [0.25, 0.3) is 5.91 Å². The predicted octanol–water partition coefficient (Wildman–Crippen LogP) is 2.18. The number of carbonyl (C=O) groups is 2. The fourth-order valence-corrected chi connectivity index (χ4v) is 2.34. The van der Waals surface area contributed by atoms with Crippen LogP contribution in [0.5, 0.6) is 17.2 Å². The number of hydrogen-bond acceptors (Lipinski definition) is 5. The lowest BCUT2D eigenvalue weighted by molar-refractivity contribution is -0.119. The van der Waals surface area contributed by atoms with Gasteiger partial charge >= 0.3 is 0 Å². The molecule has 0 spiro atoms. The quantitative estimate of drug-likeness (QED) is 0.851. The van der Waals surface area contributed by atoms with Crippen molar-refractivity contribution in [3.05, 3.63) is 59.4 Å². The lowest BCUT2D eigenvalue weighted by Crippen LogP contribution is -2.19. The Kier molecular flexibility index (Phi) is 4.20. The first-order valence-corrected chi connectivity index (χ1v) is 7.21. The molecule has 1 heterocycles. The van der Waals surface area contributed by atoms with E-state index >= 15 is 0 Å². The smallest absolute Gasteiger partial charge is 0.255 e. The monoisotopic (exact) mass is 325 g/mol. The van der Waals surface area contributed by atoms with Crippen molar-refractivity contribution in [3.8, 4) is 17.2 Å². The summed E-state index contributed by atoms with van der Waals surface area (Å²) in [5, 5.41) is 0. The molecule has 1 amide bonds. The number of carbonyl (C=O) groups excluding carboxylic acids is 2. The van der Waals surface area contributed by atoms with Gasteiger partial charge in [0.1, 0.15) is 17.2 Å². The molecule has 24 heavy (non-hydrogen) atoms. The molecule has 2 aromatic carbocycles. The van der Waals surface area contributed by atoms with Crippen molar-refractivity contribution in [1.29, 1.82) is 0 Å². The van der Waals surface area contributed by atoms with Gasteiger partial charge in [0.05, 0.1) is 12.7 Å². The zero-order valence-corrected chi connectivity index (χ0v) is 12.9. The third kappa shape index (κ3) is 3.08. The van der Waals surface area contributed by atoms with Crippen LogP contribution in [0.2, 0.25) is 0 Å². The van der Waals surface area contributed by atoms with Crippen molar-refractivity contribution in [2.75, 3.05) is 13.7 Å². The summed E-state index contributed by atoms with van der Waals surface area (Å²) in [6, 6.07) is 12.1. The second kappa shape index (κ2) is 6.45. The molecule has 2 N–H and O–H groups in total. The van der Waals surface area contributed by atoms with E-state index in [0.29, 0.717) is 22.8 Å². The first-order valence-electron chi connectivity index (χ1n) is 7.21. The Bertz CT molecular complexity index is 841. The molecule has 122 valence electrons.